The van der Waals surface area contributed by atoms with Crippen molar-refractivity contribution in [1.82, 2.24) is 10.2 Å². The third kappa shape index (κ3) is 2.25. The van der Waals surface area contributed by atoms with Crippen molar-refractivity contribution >= 4 is 0 Å². The highest BCUT2D eigenvalue weighted by Crippen LogP contribution is 2.29. The van der Waals surface area contributed by atoms with Gasteiger partial charge in [0.1, 0.15) is 0 Å². The molecule has 0 aromatic rings. The van der Waals surface area contributed by atoms with Crippen LogP contribution in [0.15, 0.2) is 0 Å². The maximum Gasteiger partial charge on any atom is 0.0831 e. The Morgan fingerprint density at radius 1 is 1.43 bits per heavy atom. The summed E-state index contributed by atoms with van der Waals surface area (Å²) in [4.78, 5) is 2.41. The fourth-order valence-electron chi connectivity index (χ4n) is 2.21. The number of rotatable bonds is 5. The summed E-state index contributed by atoms with van der Waals surface area (Å²) in [5, 5.41) is 13.0. The van der Waals surface area contributed by atoms with Crippen molar-refractivity contribution in [1.29, 1.82) is 0 Å². The number of β-amino-alcohol motifs (C(OH)–C–C–N with tert-alkyl or cyclic N) is 1. The van der Waals surface area contributed by atoms with Gasteiger partial charge in [0, 0.05) is 38.8 Å². The summed E-state index contributed by atoms with van der Waals surface area (Å²) in [5.41, 5.74) is 0. The first-order valence-electron chi connectivity index (χ1n) is 5.46. The topological polar surface area (TPSA) is 44.7 Å². The minimum atomic E-state index is -0.201. The Bertz CT molecular complexity index is 185. The number of hydrogen-bond acceptors (Lipinski definition) is 4. The molecule has 4 nitrogen and oxygen atoms in total. The summed E-state index contributed by atoms with van der Waals surface area (Å²) in [5.74, 6) is 0. The normalized spacial score (nSPS) is 32.8. The summed E-state index contributed by atoms with van der Waals surface area (Å²) in [7, 11) is 1.73. The lowest BCUT2D eigenvalue weighted by molar-refractivity contribution is 0.0568. The number of hydrogen-bond donors (Lipinski definition) is 2. The molecule has 0 amide bonds. The van der Waals surface area contributed by atoms with Crippen molar-refractivity contribution < 1.29 is 9.84 Å². The van der Waals surface area contributed by atoms with Gasteiger partial charge >= 0.3 is 0 Å². The van der Waals surface area contributed by atoms with E-state index in [0.29, 0.717) is 12.1 Å². The highest BCUT2D eigenvalue weighted by Gasteiger charge is 2.38. The average molecular weight is 200 g/mol. The van der Waals surface area contributed by atoms with E-state index in [4.69, 9.17) is 4.74 Å². The lowest BCUT2D eigenvalue weighted by Crippen LogP contribution is -2.46. The van der Waals surface area contributed by atoms with Crippen LogP contribution < -0.4 is 5.32 Å². The van der Waals surface area contributed by atoms with Crippen molar-refractivity contribution in [2.45, 2.75) is 31.0 Å². The van der Waals surface area contributed by atoms with Crippen LogP contribution in [0.4, 0.5) is 0 Å². The first kappa shape index (κ1) is 10.4. The summed E-state index contributed by atoms with van der Waals surface area (Å²) in [6.45, 7) is 3.37. The van der Waals surface area contributed by atoms with Gasteiger partial charge in [-0.3, -0.25) is 4.90 Å². The second-order valence-electron chi connectivity index (χ2n) is 4.25. The number of methoxy groups -OCH3 is 1. The highest BCUT2D eigenvalue weighted by atomic mass is 16.5. The van der Waals surface area contributed by atoms with Gasteiger partial charge in [0.05, 0.1) is 12.7 Å². The third-order valence-electron chi connectivity index (χ3n) is 3.15. The van der Waals surface area contributed by atoms with Gasteiger partial charge in [-0.15, -0.1) is 0 Å². The van der Waals surface area contributed by atoms with Gasteiger partial charge in [0.25, 0.3) is 0 Å². The van der Waals surface area contributed by atoms with Crippen molar-refractivity contribution in [3.63, 3.8) is 0 Å². The Morgan fingerprint density at radius 3 is 2.71 bits per heavy atom. The SMILES string of the molecule is COCCN(C1CC1)C1CNCC1O. The Morgan fingerprint density at radius 2 is 2.21 bits per heavy atom. The minimum absolute atomic E-state index is 0.201. The fourth-order valence-corrected chi connectivity index (χ4v) is 2.21. The standard InChI is InChI=1S/C10H20N2O2/c1-14-5-4-12(8-2-3-8)9-6-11-7-10(9)13/h8-11,13H,2-7H2,1H3. The molecule has 0 aromatic carbocycles. The fraction of sp³-hybridized carbons (Fsp3) is 1.00. The molecule has 1 aliphatic carbocycles. The summed E-state index contributed by atoms with van der Waals surface area (Å²) < 4.78 is 5.10. The van der Waals surface area contributed by atoms with Crippen LogP contribution in [0.5, 0.6) is 0 Å². The second kappa shape index (κ2) is 4.57. The van der Waals surface area contributed by atoms with Gasteiger partial charge in [-0.2, -0.15) is 0 Å². The Kier molecular flexibility index (Phi) is 3.38. The van der Waals surface area contributed by atoms with Crippen LogP contribution in [-0.4, -0.2) is 61.5 Å². The van der Waals surface area contributed by atoms with Gasteiger partial charge < -0.3 is 15.2 Å². The van der Waals surface area contributed by atoms with E-state index in [9.17, 15) is 5.11 Å². The number of aliphatic hydroxyl groups is 1. The molecule has 1 saturated heterocycles. The van der Waals surface area contributed by atoms with Gasteiger partial charge in [0.15, 0.2) is 0 Å². The van der Waals surface area contributed by atoms with Crippen LogP contribution in [0.25, 0.3) is 0 Å². The summed E-state index contributed by atoms with van der Waals surface area (Å²) in [6.07, 6.45) is 2.37. The van der Waals surface area contributed by atoms with Crippen LogP contribution in [0, 0.1) is 0 Å². The molecule has 0 aromatic heterocycles. The van der Waals surface area contributed by atoms with Crippen molar-refractivity contribution in [2.24, 2.45) is 0 Å². The van der Waals surface area contributed by atoms with E-state index in [1.807, 2.05) is 0 Å². The van der Waals surface area contributed by atoms with E-state index in [1.165, 1.54) is 12.8 Å². The average Bonchev–Trinajstić information content (AvgIpc) is 2.92. The molecule has 2 aliphatic rings. The van der Waals surface area contributed by atoms with E-state index in [0.717, 1.165) is 26.2 Å². The molecule has 2 N–H and O–H groups in total. The zero-order valence-electron chi connectivity index (χ0n) is 8.78. The first-order valence-corrected chi connectivity index (χ1v) is 5.46. The van der Waals surface area contributed by atoms with Gasteiger partial charge in [-0.05, 0) is 12.8 Å². The Labute approximate surface area is 85.2 Å². The number of aliphatic hydroxyl groups excluding tert-OH is 1. The summed E-state index contributed by atoms with van der Waals surface area (Å²) in [6, 6.07) is 1.00. The molecule has 2 rings (SSSR count). The molecule has 0 bridgehead atoms. The monoisotopic (exact) mass is 200 g/mol. The molecule has 1 heterocycles. The quantitative estimate of drug-likeness (QED) is 0.624. The van der Waals surface area contributed by atoms with E-state index in [-0.39, 0.29) is 6.10 Å². The van der Waals surface area contributed by atoms with E-state index >= 15 is 0 Å². The predicted octanol–water partition coefficient (Wildman–Crippen LogP) is -0.570. The van der Waals surface area contributed by atoms with Crippen LogP contribution in [0.1, 0.15) is 12.8 Å². The van der Waals surface area contributed by atoms with Gasteiger partial charge in [-0.1, -0.05) is 0 Å². The van der Waals surface area contributed by atoms with E-state index in [1.54, 1.807) is 7.11 Å². The maximum absolute atomic E-state index is 9.79. The summed E-state index contributed by atoms with van der Waals surface area (Å²) >= 11 is 0. The smallest absolute Gasteiger partial charge is 0.0831 e. The molecule has 0 radical (unpaired) electrons. The molecular formula is C10H20N2O2. The predicted molar refractivity (Wildman–Crippen MR) is 54.3 cm³/mol. The molecule has 1 saturated carbocycles. The largest absolute Gasteiger partial charge is 0.390 e. The molecule has 2 unspecified atom stereocenters. The van der Waals surface area contributed by atoms with Crippen molar-refractivity contribution in [2.75, 3.05) is 33.4 Å². The zero-order chi connectivity index (χ0) is 9.97. The van der Waals surface area contributed by atoms with Crippen LogP contribution in [0.3, 0.4) is 0 Å². The molecular weight excluding hydrogens is 180 g/mol. The molecule has 4 heteroatoms. The molecule has 0 spiro atoms. The third-order valence-corrected chi connectivity index (χ3v) is 3.15. The Balaban J connectivity index is 1.88. The van der Waals surface area contributed by atoms with Crippen LogP contribution >= 0.6 is 0 Å². The highest BCUT2D eigenvalue weighted by molar-refractivity contribution is 4.95. The van der Waals surface area contributed by atoms with E-state index in [2.05, 4.69) is 10.2 Å². The lowest BCUT2D eigenvalue weighted by atomic mass is 10.2. The molecule has 82 valence electrons. The maximum atomic E-state index is 9.79. The Hall–Kier alpha value is -0.160. The number of ether oxygens (including phenoxy) is 1. The first-order chi connectivity index (χ1) is 6.83. The minimum Gasteiger partial charge on any atom is -0.390 e. The molecule has 2 atom stereocenters. The van der Waals surface area contributed by atoms with Crippen molar-refractivity contribution in [3.05, 3.63) is 0 Å². The second-order valence-corrected chi connectivity index (χ2v) is 4.25. The van der Waals surface area contributed by atoms with Crippen molar-refractivity contribution in [3.8, 4) is 0 Å². The zero-order valence-corrected chi connectivity index (χ0v) is 8.78. The van der Waals surface area contributed by atoms with Gasteiger partial charge in [0.2, 0.25) is 0 Å². The molecule has 14 heavy (non-hydrogen) atoms. The van der Waals surface area contributed by atoms with Crippen LogP contribution in [-0.2, 0) is 4.74 Å². The molecule has 2 fully saturated rings. The molecule has 1 aliphatic heterocycles. The number of nitrogens with one attached hydrogen (secondary N) is 1. The number of nitrogens with zero attached hydrogens (tertiary/aromatic N) is 1. The van der Waals surface area contributed by atoms with Crippen LogP contribution in [0.2, 0.25) is 0 Å². The lowest BCUT2D eigenvalue weighted by Gasteiger charge is -2.30. The van der Waals surface area contributed by atoms with Gasteiger partial charge in [-0.25, -0.2) is 0 Å². The van der Waals surface area contributed by atoms with E-state index < -0.39 is 0 Å².